The van der Waals surface area contributed by atoms with E-state index in [1.807, 2.05) is 34.0 Å². The summed E-state index contributed by atoms with van der Waals surface area (Å²) in [6.45, 7) is 4.75. The lowest BCUT2D eigenvalue weighted by molar-refractivity contribution is 0.660. The van der Waals surface area contributed by atoms with Crippen LogP contribution in [0.2, 0.25) is 0 Å². The molecule has 0 aliphatic heterocycles. The number of thiophene rings is 3. The predicted molar refractivity (Wildman–Crippen MR) is 345 cm³/mol. The van der Waals surface area contributed by atoms with Crippen LogP contribution >= 0.6 is 34.0 Å². The second kappa shape index (κ2) is 15.9. The topological polar surface area (TPSA) is 53.5 Å². The SMILES string of the molecule is CC1(C)c2cc(-c3nc(-n4c5ccccc5c5cc6c(cc54)sc4ccccc46)nc(-n4c5ccccc5c5cc6c(cc54)sc4ccccc46)n3)ccc2-c2ccc(-n3c4ccccc4c4cc5c(cc43)sc3ccccc35)cc21. The van der Waals surface area contributed by atoms with Gasteiger partial charge in [0, 0.05) is 110 Å². The van der Waals surface area contributed by atoms with Crippen LogP contribution in [-0.2, 0) is 5.41 Å². The first-order valence-electron chi connectivity index (χ1n) is 27.5. The van der Waals surface area contributed by atoms with Crippen LogP contribution in [0.25, 0.3) is 166 Å². The lowest BCUT2D eigenvalue weighted by Gasteiger charge is -2.23. The monoisotopic (exact) mass is 1090 g/mol. The quantitative estimate of drug-likeness (QED) is 0.176. The maximum atomic E-state index is 5.64. The fraction of sp³-hybridized carbons (Fsp3) is 0.0417. The van der Waals surface area contributed by atoms with E-state index in [2.05, 4.69) is 246 Å². The fourth-order valence-corrected chi connectivity index (χ4v) is 17.3. The van der Waals surface area contributed by atoms with Gasteiger partial charge in [0.25, 0.3) is 0 Å². The summed E-state index contributed by atoms with van der Waals surface area (Å²) in [6.07, 6.45) is 0. The average molecular weight is 1090 g/mol. The molecule has 0 saturated heterocycles. The van der Waals surface area contributed by atoms with E-state index in [1.54, 1.807) is 0 Å². The Labute approximate surface area is 474 Å². The minimum absolute atomic E-state index is 0.349. The van der Waals surface area contributed by atoms with Crippen LogP contribution < -0.4 is 0 Å². The van der Waals surface area contributed by atoms with Crippen molar-refractivity contribution in [2.24, 2.45) is 0 Å². The molecule has 9 heteroatoms. The fourth-order valence-electron chi connectivity index (χ4n) is 14.0. The summed E-state index contributed by atoms with van der Waals surface area (Å²) in [7, 11) is 0. The van der Waals surface area contributed by atoms with E-state index in [1.165, 1.54) is 115 Å². The molecule has 7 heterocycles. The molecule has 378 valence electrons. The van der Waals surface area contributed by atoms with Gasteiger partial charge in [-0.2, -0.15) is 15.0 Å². The maximum absolute atomic E-state index is 5.64. The number of nitrogens with zero attached hydrogens (tertiary/aromatic N) is 6. The van der Waals surface area contributed by atoms with Crippen molar-refractivity contribution in [3.63, 3.8) is 0 Å². The van der Waals surface area contributed by atoms with Gasteiger partial charge in [-0.3, -0.25) is 9.13 Å². The zero-order chi connectivity index (χ0) is 53.0. The smallest absolute Gasteiger partial charge is 0.240 e. The Morgan fingerprint density at radius 1 is 0.296 bits per heavy atom. The molecule has 0 unspecified atom stereocenters. The summed E-state index contributed by atoms with van der Waals surface area (Å²) in [5.74, 6) is 1.76. The summed E-state index contributed by atoms with van der Waals surface area (Å²) in [5, 5.41) is 14.9. The van der Waals surface area contributed by atoms with Crippen molar-refractivity contribution in [2.75, 3.05) is 0 Å². The number of hydrogen-bond donors (Lipinski definition) is 0. The number of benzene rings is 11. The number of aromatic nitrogens is 6. The van der Waals surface area contributed by atoms with Gasteiger partial charge in [-0.05, 0) is 113 Å². The van der Waals surface area contributed by atoms with Crippen LogP contribution in [0.15, 0.2) is 218 Å². The second-order valence-electron chi connectivity index (χ2n) is 22.3. The molecule has 6 nitrogen and oxygen atoms in total. The van der Waals surface area contributed by atoms with Gasteiger partial charge in [0.2, 0.25) is 11.9 Å². The Bertz CT molecular complexity index is 5630. The van der Waals surface area contributed by atoms with Crippen molar-refractivity contribution in [3.05, 3.63) is 230 Å². The third-order valence-electron chi connectivity index (χ3n) is 17.7. The van der Waals surface area contributed by atoms with Crippen molar-refractivity contribution in [3.8, 4) is 40.1 Å². The molecular formula is C72H42N6S3. The summed E-state index contributed by atoms with van der Waals surface area (Å²) in [6, 6.07) is 80.9. The third-order valence-corrected chi connectivity index (χ3v) is 21.1. The number of para-hydroxylation sites is 3. The minimum Gasteiger partial charge on any atom is -0.309 e. The van der Waals surface area contributed by atoms with Crippen LogP contribution in [0.1, 0.15) is 25.0 Å². The highest BCUT2D eigenvalue weighted by molar-refractivity contribution is 7.26. The standard InChI is InChI=1S/C72H42N6S3/c1-72(2)55-31-39(27-29-41(55)42-30-28-40(32-56(42)72)76-57-21-9-3-15-43(57)49-33-52-46-18-6-12-24-63(46)79-66(52)36-60(49)76)69-73-70(77-58-22-10-4-16-44(58)50-34-53-47-19-7-13-25-64(47)80-67(53)37-61(50)77)75-71(74-69)78-59-23-11-5-17-45(59)51-35-54-48-20-8-14-26-65(48)81-68(54)38-62(51)78/h3-38H,1-2H3. The Morgan fingerprint density at radius 3 is 1.15 bits per heavy atom. The van der Waals surface area contributed by atoms with Gasteiger partial charge >= 0.3 is 0 Å². The van der Waals surface area contributed by atoms with Gasteiger partial charge in [-0.15, -0.1) is 34.0 Å². The Morgan fingerprint density at radius 2 is 0.679 bits per heavy atom. The molecular weight excluding hydrogens is 1050 g/mol. The molecule has 0 atom stereocenters. The summed E-state index contributed by atoms with van der Waals surface area (Å²) in [4.78, 5) is 16.9. The van der Waals surface area contributed by atoms with Gasteiger partial charge in [-0.25, -0.2) is 0 Å². The molecule has 11 aromatic carbocycles. The second-order valence-corrected chi connectivity index (χ2v) is 25.6. The molecule has 0 N–H and O–H groups in total. The Kier molecular flexibility index (Phi) is 8.69. The van der Waals surface area contributed by atoms with Crippen molar-refractivity contribution < 1.29 is 0 Å². The highest BCUT2D eigenvalue weighted by atomic mass is 32.1. The molecule has 0 bridgehead atoms. The van der Waals surface area contributed by atoms with Crippen LogP contribution in [0, 0.1) is 0 Å². The first kappa shape index (κ1) is 44.4. The normalized spacial score (nSPS) is 13.4. The van der Waals surface area contributed by atoms with E-state index in [9.17, 15) is 0 Å². The number of hydrogen-bond acceptors (Lipinski definition) is 6. The Balaban J connectivity index is 0.826. The lowest BCUT2D eigenvalue weighted by atomic mass is 9.82. The highest BCUT2D eigenvalue weighted by Gasteiger charge is 2.37. The predicted octanol–water partition coefficient (Wildman–Crippen LogP) is 20.2. The molecule has 19 rings (SSSR count). The largest absolute Gasteiger partial charge is 0.309 e. The molecule has 1 aliphatic carbocycles. The molecule has 7 aromatic heterocycles. The highest BCUT2D eigenvalue weighted by Crippen LogP contribution is 2.52. The summed E-state index contributed by atoms with van der Waals surface area (Å²) in [5.41, 5.74) is 13.4. The van der Waals surface area contributed by atoms with E-state index in [0.29, 0.717) is 17.7 Å². The van der Waals surface area contributed by atoms with E-state index in [-0.39, 0.29) is 5.41 Å². The first-order chi connectivity index (χ1) is 39.9. The van der Waals surface area contributed by atoms with Gasteiger partial charge in [0.1, 0.15) is 0 Å². The average Bonchev–Trinajstić information content (AvgIpc) is 4.45. The number of fused-ring (bicyclic) bond motifs is 21. The van der Waals surface area contributed by atoms with Crippen molar-refractivity contribution in [1.82, 2.24) is 28.7 Å². The first-order valence-corrected chi connectivity index (χ1v) is 29.9. The maximum Gasteiger partial charge on any atom is 0.240 e. The zero-order valence-corrected chi connectivity index (χ0v) is 46.1. The molecule has 0 radical (unpaired) electrons. The molecule has 81 heavy (non-hydrogen) atoms. The van der Waals surface area contributed by atoms with Crippen LogP contribution in [-0.4, -0.2) is 28.7 Å². The lowest BCUT2D eigenvalue weighted by Crippen LogP contribution is -2.16. The molecule has 0 amide bonds. The van der Waals surface area contributed by atoms with Crippen molar-refractivity contribution >= 4 is 160 Å². The van der Waals surface area contributed by atoms with E-state index in [0.717, 1.165) is 44.1 Å². The molecule has 1 aliphatic rings. The Hall–Kier alpha value is -9.51. The van der Waals surface area contributed by atoms with Gasteiger partial charge < -0.3 is 4.57 Å². The van der Waals surface area contributed by atoms with Gasteiger partial charge in [0.05, 0.1) is 33.1 Å². The third kappa shape index (κ3) is 6.01. The molecule has 0 spiro atoms. The minimum atomic E-state index is -0.349. The van der Waals surface area contributed by atoms with Crippen molar-refractivity contribution in [2.45, 2.75) is 19.3 Å². The van der Waals surface area contributed by atoms with Gasteiger partial charge in [-0.1, -0.05) is 141 Å². The summed E-state index contributed by atoms with van der Waals surface area (Å²) >= 11 is 5.54. The van der Waals surface area contributed by atoms with Crippen LogP contribution in [0.4, 0.5) is 0 Å². The summed E-state index contributed by atoms with van der Waals surface area (Å²) < 4.78 is 14.7. The zero-order valence-electron chi connectivity index (χ0n) is 43.7. The van der Waals surface area contributed by atoms with Crippen molar-refractivity contribution in [1.29, 1.82) is 0 Å². The van der Waals surface area contributed by atoms with E-state index < -0.39 is 0 Å². The van der Waals surface area contributed by atoms with Gasteiger partial charge in [0.15, 0.2) is 5.82 Å². The van der Waals surface area contributed by atoms with E-state index >= 15 is 0 Å². The van der Waals surface area contributed by atoms with Crippen LogP contribution in [0.3, 0.4) is 0 Å². The van der Waals surface area contributed by atoms with Crippen LogP contribution in [0.5, 0.6) is 0 Å². The molecule has 18 aromatic rings. The van der Waals surface area contributed by atoms with E-state index in [4.69, 9.17) is 15.0 Å². The number of rotatable bonds is 4. The molecule has 0 saturated carbocycles. The molecule has 0 fully saturated rings.